The van der Waals surface area contributed by atoms with Crippen molar-refractivity contribution in [2.45, 2.75) is 38.5 Å². The average Bonchev–Trinajstić information content (AvgIpc) is 3.37. The maximum atomic E-state index is 13.2. The number of benzene rings is 1. The fraction of sp³-hybridized carbons (Fsp3) is 0.526. The minimum absolute atomic E-state index is 0.0740. The van der Waals surface area contributed by atoms with Crippen LogP contribution in [0.5, 0.6) is 5.75 Å². The Kier molecular flexibility index (Phi) is 5.09. The van der Waals surface area contributed by atoms with Crippen molar-refractivity contribution in [3.8, 4) is 11.4 Å². The molecule has 2 aliphatic rings. The lowest BCUT2D eigenvalue weighted by molar-refractivity contribution is -0.100. The molecule has 2 aliphatic heterocycles. The second kappa shape index (κ2) is 7.66. The molecule has 8 heteroatoms. The lowest BCUT2D eigenvalue weighted by atomic mass is 10.0. The number of methoxy groups -OCH3 is 1. The van der Waals surface area contributed by atoms with Crippen molar-refractivity contribution in [3.63, 3.8) is 0 Å². The highest BCUT2D eigenvalue weighted by Gasteiger charge is 2.38. The summed E-state index contributed by atoms with van der Waals surface area (Å²) in [6.07, 6.45) is 2.56. The summed E-state index contributed by atoms with van der Waals surface area (Å²) in [5.74, 6) is 0.604. The Hall–Kier alpha value is -2.45. The first kappa shape index (κ1) is 17.9. The molecule has 8 nitrogen and oxygen atoms in total. The summed E-state index contributed by atoms with van der Waals surface area (Å²) >= 11 is 0. The minimum atomic E-state index is -0.344. The lowest BCUT2D eigenvalue weighted by Gasteiger charge is -2.37. The molecule has 144 valence electrons. The van der Waals surface area contributed by atoms with Gasteiger partial charge in [0.2, 0.25) is 0 Å². The van der Waals surface area contributed by atoms with Crippen molar-refractivity contribution in [2.24, 2.45) is 0 Å². The average molecular weight is 372 g/mol. The molecule has 2 saturated heterocycles. The number of amides is 1. The van der Waals surface area contributed by atoms with Crippen LogP contribution in [-0.4, -0.2) is 65.0 Å². The Balaban J connectivity index is 1.60. The van der Waals surface area contributed by atoms with E-state index in [0.29, 0.717) is 31.1 Å². The van der Waals surface area contributed by atoms with E-state index in [2.05, 4.69) is 10.3 Å². The molecule has 1 amide bonds. The molecule has 0 radical (unpaired) electrons. The topological polar surface area (TPSA) is 78.7 Å². The number of piperidine rings is 1. The van der Waals surface area contributed by atoms with Crippen LogP contribution in [0.4, 0.5) is 0 Å². The number of hydrogen-bond acceptors (Lipinski definition) is 6. The van der Waals surface area contributed by atoms with Crippen LogP contribution in [0.3, 0.4) is 0 Å². The molecule has 27 heavy (non-hydrogen) atoms. The van der Waals surface area contributed by atoms with Crippen LogP contribution in [-0.2, 0) is 9.47 Å². The maximum absolute atomic E-state index is 13.2. The van der Waals surface area contributed by atoms with Gasteiger partial charge in [-0.15, -0.1) is 5.10 Å². The van der Waals surface area contributed by atoms with Gasteiger partial charge in [0, 0.05) is 12.6 Å². The summed E-state index contributed by atoms with van der Waals surface area (Å²) < 4.78 is 18.3. The second-order valence-corrected chi connectivity index (χ2v) is 6.81. The first-order valence-corrected chi connectivity index (χ1v) is 9.30. The summed E-state index contributed by atoms with van der Waals surface area (Å²) in [6.45, 7) is 3.69. The number of carbonyl (C=O) groups is 1. The Labute approximate surface area is 158 Å². The molecule has 4 rings (SSSR count). The summed E-state index contributed by atoms with van der Waals surface area (Å²) in [5, 5.41) is 8.38. The van der Waals surface area contributed by atoms with E-state index >= 15 is 0 Å². The van der Waals surface area contributed by atoms with Crippen molar-refractivity contribution in [2.75, 3.05) is 26.9 Å². The predicted molar refractivity (Wildman–Crippen MR) is 97.0 cm³/mol. The van der Waals surface area contributed by atoms with E-state index in [1.54, 1.807) is 11.8 Å². The van der Waals surface area contributed by atoms with Crippen molar-refractivity contribution in [1.29, 1.82) is 0 Å². The largest absolute Gasteiger partial charge is 0.497 e. The molecule has 1 unspecified atom stereocenters. The summed E-state index contributed by atoms with van der Waals surface area (Å²) in [6, 6.07) is 7.44. The van der Waals surface area contributed by atoms with E-state index in [9.17, 15) is 4.79 Å². The highest BCUT2D eigenvalue weighted by molar-refractivity contribution is 5.93. The molecule has 0 N–H and O–H groups in total. The van der Waals surface area contributed by atoms with Gasteiger partial charge in [0.1, 0.15) is 5.75 Å². The van der Waals surface area contributed by atoms with Gasteiger partial charge >= 0.3 is 0 Å². The monoisotopic (exact) mass is 372 g/mol. The van der Waals surface area contributed by atoms with Crippen molar-refractivity contribution in [3.05, 3.63) is 35.7 Å². The molecule has 2 aromatic rings. The highest BCUT2D eigenvalue weighted by Crippen LogP contribution is 2.27. The molecule has 0 bridgehead atoms. The fourth-order valence-corrected chi connectivity index (χ4v) is 3.74. The number of hydrogen-bond donors (Lipinski definition) is 0. The van der Waals surface area contributed by atoms with Gasteiger partial charge in [-0.05, 0) is 38.3 Å². The quantitative estimate of drug-likeness (QED) is 0.816. The van der Waals surface area contributed by atoms with Crippen LogP contribution >= 0.6 is 0 Å². The fourth-order valence-electron chi connectivity index (χ4n) is 3.74. The standard InChI is InChI=1S/C19H24N4O4/c1-13-17(20-21-23(13)14-6-5-7-15(12-14)25-2)18(24)22-9-4-3-8-16(22)19-26-10-11-27-19/h5-7,12,16,19H,3-4,8-11H2,1-2H3. The van der Waals surface area contributed by atoms with Crippen LogP contribution in [0.1, 0.15) is 35.4 Å². The number of rotatable bonds is 4. The van der Waals surface area contributed by atoms with Gasteiger partial charge in [-0.1, -0.05) is 11.3 Å². The van der Waals surface area contributed by atoms with Crippen LogP contribution in [0.2, 0.25) is 0 Å². The SMILES string of the molecule is COc1cccc(-n2nnc(C(=O)N3CCCCC3C3OCCO3)c2C)c1. The number of carbonyl (C=O) groups excluding carboxylic acids is 1. The third-order valence-electron chi connectivity index (χ3n) is 5.17. The molecule has 0 spiro atoms. The van der Waals surface area contributed by atoms with Gasteiger partial charge in [0.15, 0.2) is 12.0 Å². The number of likely N-dealkylation sites (tertiary alicyclic amines) is 1. The molecule has 0 aliphatic carbocycles. The Morgan fingerprint density at radius 2 is 2.07 bits per heavy atom. The van der Waals surface area contributed by atoms with Crippen LogP contribution < -0.4 is 4.74 Å². The van der Waals surface area contributed by atoms with Gasteiger partial charge in [-0.25, -0.2) is 4.68 Å². The number of ether oxygens (including phenoxy) is 3. The van der Waals surface area contributed by atoms with Crippen molar-refractivity contribution < 1.29 is 19.0 Å². The molecule has 2 fully saturated rings. The molecule has 0 saturated carbocycles. The normalized spacial score (nSPS) is 20.8. The smallest absolute Gasteiger partial charge is 0.276 e. The van der Waals surface area contributed by atoms with E-state index in [1.165, 1.54) is 0 Å². The maximum Gasteiger partial charge on any atom is 0.276 e. The van der Waals surface area contributed by atoms with Gasteiger partial charge in [-0.2, -0.15) is 0 Å². The van der Waals surface area contributed by atoms with E-state index in [4.69, 9.17) is 14.2 Å². The van der Waals surface area contributed by atoms with Crippen LogP contribution in [0, 0.1) is 6.92 Å². The van der Waals surface area contributed by atoms with E-state index in [1.807, 2.05) is 36.1 Å². The second-order valence-electron chi connectivity index (χ2n) is 6.81. The summed E-state index contributed by atoms with van der Waals surface area (Å²) in [5.41, 5.74) is 1.87. The van der Waals surface area contributed by atoms with Crippen molar-refractivity contribution >= 4 is 5.91 Å². The molecule has 3 heterocycles. The molecular formula is C19H24N4O4. The summed E-state index contributed by atoms with van der Waals surface area (Å²) in [7, 11) is 1.62. The van der Waals surface area contributed by atoms with Gasteiger partial charge in [0.05, 0.1) is 37.7 Å². The van der Waals surface area contributed by atoms with E-state index in [-0.39, 0.29) is 18.2 Å². The van der Waals surface area contributed by atoms with Crippen LogP contribution in [0.15, 0.2) is 24.3 Å². The van der Waals surface area contributed by atoms with E-state index < -0.39 is 0 Å². The molecule has 1 aromatic carbocycles. The minimum Gasteiger partial charge on any atom is -0.497 e. The Bertz CT molecular complexity index is 816. The zero-order valence-electron chi connectivity index (χ0n) is 15.6. The predicted octanol–water partition coefficient (Wildman–Crippen LogP) is 1.95. The number of nitrogens with zero attached hydrogens (tertiary/aromatic N) is 4. The Morgan fingerprint density at radius 1 is 1.26 bits per heavy atom. The lowest BCUT2D eigenvalue weighted by Crippen LogP contribution is -2.50. The van der Waals surface area contributed by atoms with Gasteiger partial charge in [-0.3, -0.25) is 4.79 Å². The zero-order valence-corrected chi connectivity index (χ0v) is 15.6. The first-order chi connectivity index (χ1) is 13.2. The highest BCUT2D eigenvalue weighted by atomic mass is 16.7. The third-order valence-corrected chi connectivity index (χ3v) is 5.17. The van der Waals surface area contributed by atoms with Crippen molar-refractivity contribution in [1.82, 2.24) is 19.9 Å². The van der Waals surface area contributed by atoms with E-state index in [0.717, 1.165) is 30.7 Å². The third kappa shape index (κ3) is 3.42. The van der Waals surface area contributed by atoms with Gasteiger partial charge < -0.3 is 19.1 Å². The number of aromatic nitrogens is 3. The molecule has 1 aromatic heterocycles. The molecular weight excluding hydrogens is 348 g/mol. The zero-order chi connectivity index (χ0) is 18.8. The summed E-state index contributed by atoms with van der Waals surface area (Å²) in [4.78, 5) is 15.1. The van der Waals surface area contributed by atoms with Crippen LogP contribution in [0.25, 0.3) is 5.69 Å². The first-order valence-electron chi connectivity index (χ1n) is 9.30. The Morgan fingerprint density at radius 3 is 2.85 bits per heavy atom. The molecule has 1 atom stereocenters. The van der Waals surface area contributed by atoms with Gasteiger partial charge in [0.25, 0.3) is 5.91 Å².